The van der Waals surface area contributed by atoms with Gasteiger partial charge < -0.3 is 10.8 Å². The smallest absolute Gasteiger partial charge is 0.324 e. The van der Waals surface area contributed by atoms with E-state index in [0.717, 1.165) is 18.4 Å². The topological polar surface area (TPSA) is 63.3 Å². The van der Waals surface area contributed by atoms with Crippen LogP contribution in [0, 0.1) is 0 Å². The summed E-state index contributed by atoms with van der Waals surface area (Å²) in [4.78, 5) is 11.2. The molecule has 0 saturated carbocycles. The van der Waals surface area contributed by atoms with Crippen LogP contribution in [-0.2, 0) is 11.2 Å². The van der Waals surface area contributed by atoms with Crippen molar-refractivity contribution in [1.82, 2.24) is 0 Å². The van der Waals surface area contributed by atoms with Crippen molar-refractivity contribution in [3.05, 3.63) is 35.9 Å². The number of carboxylic acids is 1. The lowest BCUT2D eigenvalue weighted by Crippen LogP contribution is -2.49. The summed E-state index contributed by atoms with van der Waals surface area (Å²) >= 11 is 0. The molecule has 0 amide bonds. The summed E-state index contributed by atoms with van der Waals surface area (Å²) in [6, 6.07) is 9.54. The Morgan fingerprint density at radius 2 is 2.00 bits per heavy atom. The van der Waals surface area contributed by atoms with Crippen LogP contribution < -0.4 is 5.73 Å². The standard InChI is InChI=1S/C13H19NO2/c1-2-3-9-13(14,12(15)16)10-11-7-5-4-6-8-11/h4-8H,2-3,9-10,14H2,1H3,(H,15,16)/t13-/m1/s1. The van der Waals surface area contributed by atoms with E-state index in [-0.39, 0.29) is 0 Å². The molecule has 1 aromatic rings. The molecule has 3 nitrogen and oxygen atoms in total. The molecule has 0 spiro atoms. The van der Waals surface area contributed by atoms with Crippen LogP contribution in [0.3, 0.4) is 0 Å². The second-order valence-electron chi connectivity index (χ2n) is 4.23. The van der Waals surface area contributed by atoms with E-state index in [2.05, 4.69) is 0 Å². The molecule has 0 unspecified atom stereocenters. The minimum absolute atomic E-state index is 0.392. The zero-order valence-electron chi connectivity index (χ0n) is 9.65. The summed E-state index contributed by atoms with van der Waals surface area (Å²) < 4.78 is 0. The maximum Gasteiger partial charge on any atom is 0.324 e. The van der Waals surface area contributed by atoms with E-state index in [1.54, 1.807) is 0 Å². The van der Waals surface area contributed by atoms with Gasteiger partial charge in [0.15, 0.2) is 0 Å². The van der Waals surface area contributed by atoms with Crippen LogP contribution in [0.25, 0.3) is 0 Å². The van der Waals surface area contributed by atoms with E-state index < -0.39 is 11.5 Å². The summed E-state index contributed by atoms with van der Waals surface area (Å²) in [5, 5.41) is 9.20. The molecule has 0 saturated heterocycles. The summed E-state index contributed by atoms with van der Waals surface area (Å²) in [5.41, 5.74) is 5.81. The summed E-state index contributed by atoms with van der Waals surface area (Å²) in [7, 11) is 0. The molecule has 0 heterocycles. The molecule has 0 aliphatic heterocycles. The van der Waals surface area contributed by atoms with Crippen LogP contribution in [0.4, 0.5) is 0 Å². The van der Waals surface area contributed by atoms with Gasteiger partial charge in [-0.25, -0.2) is 0 Å². The predicted molar refractivity (Wildman–Crippen MR) is 64.2 cm³/mol. The van der Waals surface area contributed by atoms with Gasteiger partial charge in [0, 0.05) is 6.42 Å². The van der Waals surface area contributed by atoms with Crippen molar-refractivity contribution in [2.24, 2.45) is 5.73 Å². The molecule has 16 heavy (non-hydrogen) atoms. The molecule has 0 fully saturated rings. The van der Waals surface area contributed by atoms with Crippen molar-refractivity contribution in [1.29, 1.82) is 0 Å². The van der Waals surface area contributed by atoms with Crippen molar-refractivity contribution >= 4 is 5.97 Å². The Morgan fingerprint density at radius 3 is 2.50 bits per heavy atom. The van der Waals surface area contributed by atoms with Gasteiger partial charge in [0.05, 0.1) is 0 Å². The van der Waals surface area contributed by atoms with Crippen LogP contribution in [0.1, 0.15) is 31.7 Å². The molecule has 1 aromatic carbocycles. The van der Waals surface area contributed by atoms with Gasteiger partial charge in [0.2, 0.25) is 0 Å². The highest BCUT2D eigenvalue weighted by molar-refractivity contribution is 5.78. The molecular formula is C13H19NO2. The molecule has 3 N–H and O–H groups in total. The molecule has 0 aliphatic carbocycles. The number of aliphatic carboxylic acids is 1. The van der Waals surface area contributed by atoms with Crippen molar-refractivity contribution in [2.45, 2.75) is 38.1 Å². The second-order valence-corrected chi connectivity index (χ2v) is 4.23. The van der Waals surface area contributed by atoms with E-state index in [1.165, 1.54) is 0 Å². The molecule has 3 heteroatoms. The monoisotopic (exact) mass is 221 g/mol. The molecule has 1 rings (SSSR count). The Morgan fingerprint density at radius 1 is 1.38 bits per heavy atom. The third-order valence-corrected chi connectivity index (χ3v) is 2.76. The van der Waals surface area contributed by atoms with Gasteiger partial charge in [-0.15, -0.1) is 0 Å². The Labute approximate surface area is 96.3 Å². The van der Waals surface area contributed by atoms with Gasteiger partial charge in [0.25, 0.3) is 0 Å². The average Bonchev–Trinajstić information content (AvgIpc) is 2.27. The molecule has 0 radical (unpaired) electrons. The fourth-order valence-corrected chi connectivity index (χ4v) is 1.72. The zero-order chi connectivity index (χ0) is 12.0. The third kappa shape index (κ3) is 3.35. The number of hydrogen-bond acceptors (Lipinski definition) is 2. The number of benzene rings is 1. The molecular weight excluding hydrogens is 202 g/mol. The quantitative estimate of drug-likeness (QED) is 0.774. The van der Waals surface area contributed by atoms with Crippen molar-refractivity contribution in [3.8, 4) is 0 Å². The van der Waals surface area contributed by atoms with Crippen LogP contribution >= 0.6 is 0 Å². The first-order chi connectivity index (χ1) is 7.58. The highest BCUT2D eigenvalue weighted by Gasteiger charge is 2.33. The lowest BCUT2D eigenvalue weighted by atomic mass is 9.87. The second kappa shape index (κ2) is 5.66. The Hall–Kier alpha value is -1.35. The Balaban J connectivity index is 2.75. The SMILES string of the molecule is CCCC[C@@](N)(Cc1ccccc1)C(=O)O. The first kappa shape index (κ1) is 12.7. The van der Waals surface area contributed by atoms with E-state index in [9.17, 15) is 9.90 Å². The molecule has 0 aliphatic rings. The number of nitrogens with two attached hydrogens (primary N) is 1. The first-order valence-electron chi connectivity index (χ1n) is 5.64. The van der Waals surface area contributed by atoms with Crippen LogP contribution in [0.2, 0.25) is 0 Å². The maximum absolute atomic E-state index is 11.2. The fourth-order valence-electron chi connectivity index (χ4n) is 1.72. The Bertz CT molecular complexity index is 337. The van der Waals surface area contributed by atoms with Crippen molar-refractivity contribution < 1.29 is 9.90 Å². The Kier molecular flexibility index (Phi) is 4.50. The van der Waals surface area contributed by atoms with Gasteiger partial charge in [-0.05, 0) is 12.0 Å². The van der Waals surface area contributed by atoms with Crippen molar-refractivity contribution in [3.63, 3.8) is 0 Å². The average molecular weight is 221 g/mol. The third-order valence-electron chi connectivity index (χ3n) is 2.76. The number of unbranched alkanes of at least 4 members (excludes halogenated alkanes) is 1. The summed E-state index contributed by atoms with van der Waals surface area (Å²) in [5.74, 6) is -0.912. The first-order valence-corrected chi connectivity index (χ1v) is 5.64. The lowest BCUT2D eigenvalue weighted by Gasteiger charge is -2.24. The number of carboxylic acid groups (broad SMARTS) is 1. The highest BCUT2D eigenvalue weighted by atomic mass is 16.4. The molecule has 0 aromatic heterocycles. The summed E-state index contributed by atoms with van der Waals surface area (Å²) in [6.07, 6.45) is 2.72. The van der Waals surface area contributed by atoms with Gasteiger partial charge in [-0.2, -0.15) is 0 Å². The minimum Gasteiger partial charge on any atom is -0.480 e. The number of rotatable bonds is 6. The fraction of sp³-hybridized carbons (Fsp3) is 0.462. The highest BCUT2D eigenvalue weighted by Crippen LogP contribution is 2.18. The minimum atomic E-state index is -1.13. The van der Waals surface area contributed by atoms with Gasteiger partial charge in [0.1, 0.15) is 5.54 Å². The molecule has 88 valence electrons. The largest absolute Gasteiger partial charge is 0.480 e. The zero-order valence-corrected chi connectivity index (χ0v) is 9.65. The van der Waals surface area contributed by atoms with Crippen LogP contribution in [0.15, 0.2) is 30.3 Å². The maximum atomic E-state index is 11.2. The normalized spacial score (nSPS) is 14.4. The molecule has 0 bridgehead atoms. The lowest BCUT2D eigenvalue weighted by molar-refractivity contribution is -0.143. The van der Waals surface area contributed by atoms with Gasteiger partial charge in [-0.1, -0.05) is 50.1 Å². The van der Waals surface area contributed by atoms with E-state index in [1.807, 2.05) is 37.3 Å². The number of hydrogen-bond donors (Lipinski definition) is 2. The van der Waals surface area contributed by atoms with Crippen molar-refractivity contribution in [2.75, 3.05) is 0 Å². The predicted octanol–water partition coefficient (Wildman–Crippen LogP) is 2.20. The van der Waals surface area contributed by atoms with Crippen LogP contribution in [-0.4, -0.2) is 16.6 Å². The van der Waals surface area contributed by atoms with Gasteiger partial charge in [-0.3, -0.25) is 4.79 Å². The number of carbonyl (C=O) groups is 1. The van der Waals surface area contributed by atoms with E-state index in [0.29, 0.717) is 12.8 Å². The van der Waals surface area contributed by atoms with E-state index >= 15 is 0 Å². The molecule has 1 atom stereocenters. The van der Waals surface area contributed by atoms with E-state index in [4.69, 9.17) is 5.73 Å². The van der Waals surface area contributed by atoms with Gasteiger partial charge >= 0.3 is 5.97 Å². The van der Waals surface area contributed by atoms with Crippen LogP contribution in [0.5, 0.6) is 0 Å². The summed E-state index contributed by atoms with van der Waals surface area (Å²) in [6.45, 7) is 2.03.